The Morgan fingerprint density at radius 2 is 2.17 bits per heavy atom. The van der Waals surface area contributed by atoms with Crippen molar-refractivity contribution in [1.82, 2.24) is 9.27 Å². The zero-order valence-electron chi connectivity index (χ0n) is 10.7. The number of aromatic nitrogens is 1. The average Bonchev–Trinajstić information content (AvgIpc) is 2.99. The lowest BCUT2D eigenvalue weighted by Gasteiger charge is -2.32. The quantitative estimate of drug-likeness (QED) is 0.908. The largest absolute Gasteiger partial charge is 0.373 e. The first-order chi connectivity index (χ1) is 8.75. The van der Waals surface area contributed by atoms with Gasteiger partial charge in [0.1, 0.15) is 16.6 Å². The monoisotopic (exact) mass is 262 g/mol. The van der Waals surface area contributed by atoms with Crippen molar-refractivity contribution in [3.05, 3.63) is 11.3 Å². The molecule has 0 radical (unpaired) electrons. The predicted octanol–water partition coefficient (Wildman–Crippen LogP) is 2.36. The van der Waals surface area contributed by atoms with E-state index in [1.807, 2.05) is 6.92 Å². The first kappa shape index (κ1) is 11.9. The maximum absolute atomic E-state index is 9.13. The molecule has 4 nitrogen and oxygen atoms in total. The zero-order valence-corrected chi connectivity index (χ0v) is 11.5. The van der Waals surface area contributed by atoms with Gasteiger partial charge in [-0.05, 0) is 57.2 Å². The standard InChI is InChI=1S/C13H18N4S/c1-10-11(8-14)12(18-16-10)15-9-13-4-2-6-17(13)7-3-5-13/h15H,2-7,9H2,1H3. The molecule has 2 fully saturated rings. The van der Waals surface area contributed by atoms with Crippen LogP contribution in [0.1, 0.15) is 36.9 Å². The fraction of sp³-hybridized carbons (Fsp3) is 0.692. The highest BCUT2D eigenvalue weighted by Crippen LogP contribution is 2.39. The van der Waals surface area contributed by atoms with Gasteiger partial charge in [-0.2, -0.15) is 9.64 Å². The first-order valence-electron chi connectivity index (χ1n) is 6.60. The van der Waals surface area contributed by atoms with Crippen molar-refractivity contribution in [2.24, 2.45) is 0 Å². The Bertz CT molecular complexity index is 478. The van der Waals surface area contributed by atoms with Gasteiger partial charge in [0.15, 0.2) is 0 Å². The van der Waals surface area contributed by atoms with E-state index >= 15 is 0 Å². The molecule has 2 saturated heterocycles. The maximum atomic E-state index is 9.13. The van der Waals surface area contributed by atoms with E-state index in [0.29, 0.717) is 5.54 Å². The van der Waals surface area contributed by atoms with Crippen LogP contribution in [-0.4, -0.2) is 34.4 Å². The van der Waals surface area contributed by atoms with Gasteiger partial charge in [0.2, 0.25) is 0 Å². The van der Waals surface area contributed by atoms with Crippen LogP contribution in [0.2, 0.25) is 0 Å². The molecule has 18 heavy (non-hydrogen) atoms. The van der Waals surface area contributed by atoms with Crippen molar-refractivity contribution < 1.29 is 0 Å². The predicted molar refractivity (Wildman–Crippen MR) is 72.8 cm³/mol. The van der Waals surface area contributed by atoms with Crippen LogP contribution in [-0.2, 0) is 0 Å². The highest BCUT2D eigenvalue weighted by molar-refractivity contribution is 7.10. The number of nitrogens with zero attached hydrogens (tertiary/aromatic N) is 3. The molecule has 2 aliphatic heterocycles. The number of aryl methyl sites for hydroxylation is 1. The van der Waals surface area contributed by atoms with Gasteiger partial charge in [0, 0.05) is 12.1 Å². The van der Waals surface area contributed by atoms with E-state index in [9.17, 15) is 0 Å². The van der Waals surface area contributed by atoms with Crippen molar-refractivity contribution in [1.29, 1.82) is 5.26 Å². The summed E-state index contributed by atoms with van der Waals surface area (Å²) in [6, 6.07) is 2.25. The molecule has 0 saturated carbocycles. The van der Waals surface area contributed by atoms with Crippen molar-refractivity contribution in [2.75, 3.05) is 25.0 Å². The van der Waals surface area contributed by atoms with E-state index in [0.717, 1.165) is 22.8 Å². The fourth-order valence-corrected chi connectivity index (χ4v) is 4.12. The number of hydrogen-bond donors (Lipinski definition) is 1. The summed E-state index contributed by atoms with van der Waals surface area (Å²) >= 11 is 1.41. The molecule has 0 aliphatic carbocycles. The van der Waals surface area contributed by atoms with Gasteiger partial charge in [0.05, 0.1) is 5.69 Å². The summed E-state index contributed by atoms with van der Waals surface area (Å²) in [4.78, 5) is 2.62. The molecule has 0 unspecified atom stereocenters. The molecular formula is C13H18N4S. The van der Waals surface area contributed by atoms with E-state index in [2.05, 4.69) is 20.7 Å². The Hall–Kier alpha value is -1.12. The van der Waals surface area contributed by atoms with Crippen LogP contribution < -0.4 is 5.32 Å². The third kappa shape index (κ3) is 1.80. The summed E-state index contributed by atoms with van der Waals surface area (Å²) < 4.78 is 4.26. The second kappa shape index (κ2) is 4.52. The molecule has 1 aromatic heterocycles. The van der Waals surface area contributed by atoms with Gasteiger partial charge in [-0.1, -0.05) is 0 Å². The Balaban J connectivity index is 1.73. The van der Waals surface area contributed by atoms with Crippen LogP contribution in [0.5, 0.6) is 0 Å². The van der Waals surface area contributed by atoms with Gasteiger partial charge < -0.3 is 5.32 Å². The van der Waals surface area contributed by atoms with E-state index in [-0.39, 0.29) is 0 Å². The van der Waals surface area contributed by atoms with E-state index < -0.39 is 0 Å². The van der Waals surface area contributed by atoms with Crippen LogP contribution in [0.3, 0.4) is 0 Å². The van der Waals surface area contributed by atoms with E-state index in [4.69, 9.17) is 5.26 Å². The lowest BCUT2D eigenvalue weighted by Crippen LogP contribution is -2.44. The number of fused-ring (bicyclic) bond motifs is 1. The fourth-order valence-electron chi connectivity index (χ4n) is 3.38. The third-order valence-electron chi connectivity index (χ3n) is 4.36. The molecule has 5 heteroatoms. The summed E-state index contributed by atoms with van der Waals surface area (Å²) in [5, 5.41) is 13.6. The number of hydrogen-bond acceptors (Lipinski definition) is 5. The summed E-state index contributed by atoms with van der Waals surface area (Å²) in [6.45, 7) is 5.35. The Labute approximate surface area is 112 Å². The Kier molecular flexibility index (Phi) is 3.00. The topological polar surface area (TPSA) is 52.0 Å². The van der Waals surface area contributed by atoms with E-state index in [1.54, 1.807) is 0 Å². The van der Waals surface area contributed by atoms with Crippen molar-refractivity contribution >= 4 is 16.5 Å². The Morgan fingerprint density at radius 1 is 1.44 bits per heavy atom. The summed E-state index contributed by atoms with van der Waals surface area (Å²) in [5.74, 6) is 0. The highest BCUT2D eigenvalue weighted by atomic mass is 32.1. The second-order valence-corrected chi connectivity index (χ2v) is 6.13. The smallest absolute Gasteiger partial charge is 0.127 e. The second-order valence-electron chi connectivity index (χ2n) is 5.36. The van der Waals surface area contributed by atoms with Gasteiger partial charge >= 0.3 is 0 Å². The van der Waals surface area contributed by atoms with Crippen molar-refractivity contribution in [3.63, 3.8) is 0 Å². The van der Waals surface area contributed by atoms with Crippen molar-refractivity contribution in [2.45, 2.75) is 38.1 Å². The van der Waals surface area contributed by atoms with Crippen LogP contribution >= 0.6 is 11.5 Å². The number of anilines is 1. The number of nitriles is 1. The van der Waals surface area contributed by atoms with Gasteiger partial charge in [-0.15, -0.1) is 0 Å². The SMILES string of the molecule is Cc1nsc(NCC23CCCN2CCC3)c1C#N. The number of rotatable bonds is 3. The molecule has 1 N–H and O–H groups in total. The van der Waals surface area contributed by atoms with Crippen LogP contribution in [0.25, 0.3) is 0 Å². The molecule has 0 aromatic carbocycles. The lowest BCUT2D eigenvalue weighted by molar-refractivity contribution is 0.209. The molecule has 0 atom stereocenters. The minimum absolute atomic E-state index is 0.352. The third-order valence-corrected chi connectivity index (χ3v) is 5.26. The minimum atomic E-state index is 0.352. The van der Waals surface area contributed by atoms with Gasteiger partial charge in [0.25, 0.3) is 0 Å². The van der Waals surface area contributed by atoms with Gasteiger partial charge in [-0.25, -0.2) is 0 Å². The highest BCUT2D eigenvalue weighted by Gasteiger charge is 2.43. The maximum Gasteiger partial charge on any atom is 0.127 e. The molecule has 3 rings (SSSR count). The summed E-state index contributed by atoms with van der Waals surface area (Å²) in [7, 11) is 0. The molecular weight excluding hydrogens is 244 g/mol. The number of nitrogens with one attached hydrogen (secondary N) is 1. The minimum Gasteiger partial charge on any atom is -0.373 e. The molecule has 3 heterocycles. The van der Waals surface area contributed by atoms with Crippen molar-refractivity contribution in [3.8, 4) is 6.07 Å². The molecule has 96 valence electrons. The molecule has 0 bridgehead atoms. The molecule has 1 aromatic rings. The molecule has 0 amide bonds. The molecule has 0 spiro atoms. The van der Waals surface area contributed by atoms with E-state index in [1.165, 1.54) is 50.3 Å². The molecule has 2 aliphatic rings. The summed E-state index contributed by atoms with van der Waals surface area (Å²) in [6.07, 6.45) is 5.21. The Morgan fingerprint density at radius 3 is 2.83 bits per heavy atom. The van der Waals surface area contributed by atoms with Gasteiger partial charge in [-0.3, -0.25) is 4.90 Å². The van der Waals surface area contributed by atoms with Crippen LogP contribution in [0.15, 0.2) is 0 Å². The van der Waals surface area contributed by atoms with Crippen LogP contribution in [0.4, 0.5) is 5.00 Å². The summed E-state index contributed by atoms with van der Waals surface area (Å²) in [5.41, 5.74) is 1.92. The lowest BCUT2D eigenvalue weighted by atomic mass is 9.94. The zero-order chi connectivity index (χ0) is 12.6. The van der Waals surface area contributed by atoms with Crippen LogP contribution in [0, 0.1) is 18.3 Å². The first-order valence-corrected chi connectivity index (χ1v) is 7.38. The normalized spacial score (nSPS) is 21.8. The average molecular weight is 262 g/mol.